The SMILES string of the molecule is CCc1ccn2c(-c3ccnc(NCc4ccc(C)cc4C)n3)c(-c3ccc(C)cc3)nc2c1. The number of anilines is 1. The minimum Gasteiger partial charge on any atom is -0.350 e. The van der Waals surface area contributed by atoms with Crippen LogP contribution >= 0.6 is 0 Å². The topological polar surface area (TPSA) is 55.1 Å². The van der Waals surface area contributed by atoms with E-state index in [0.29, 0.717) is 12.5 Å². The number of nitrogens with zero attached hydrogens (tertiary/aromatic N) is 4. The van der Waals surface area contributed by atoms with Crippen LogP contribution in [0.5, 0.6) is 0 Å². The van der Waals surface area contributed by atoms with Crippen molar-refractivity contribution >= 4 is 11.6 Å². The predicted octanol–water partition coefficient (Wildman–Crippen LogP) is 6.56. The molecule has 3 heterocycles. The van der Waals surface area contributed by atoms with Crippen molar-refractivity contribution in [1.82, 2.24) is 19.4 Å². The number of fused-ring (bicyclic) bond motifs is 1. The van der Waals surface area contributed by atoms with Gasteiger partial charge in [-0.2, -0.15) is 0 Å². The molecule has 34 heavy (non-hydrogen) atoms. The number of hydrogen-bond donors (Lipinski definition) is 1. The third kappa shape index (κ3) is 4.29. The Hall–Kier alpha value is -3.99. The van der Waals surface area contributed by atoms with Gasteiger partial charge in [0.15, 0.2) is 0 Å². The summed E-state index contributed by atoms with van der Waals surface area (Å²) in [6.45, 7) is 9.18. The summed E-state index contributed by atoms with van der Waals surface area (Å²) in [5, 5.41) is 3.40. The van der Waals surface area contributed by atoms with Crippen molar-refractivity contribution in [3.8, 4) is 22.6 Å². The maximum absolute atomic E-state index is 5.02. The maximum atomic E-state index is 5.02. The molecule has 5 heteroatoms. The summed E-state index contributed by atoms with van der Waals surface area (Å²) >= 11 is 0. The zero-order valence-electron chi connectivity index (χ0n) is 20.1. The smallest absolute Gasteiger partial charge is 0.223 e. The first-order valence-electron chi connectivity index (χ1n) is 11.7. The summed E-state index contributed by atoms with van der Waals surface area (Å²) in [6.07, 6.45) is 4.88. The average Bonchev–Trinajstić information content (AvgIpc) is 3.23. The van der Waals surface area contributed by atoms with Crippen LogP contribution in [0.2, 0.25) is 0 Å². The molecule has 5 aromatic rings. The third-order valence-electron chi connectivity index (χ3n) is 6.26. The van der Waals surface area contributed by atoms with Crippen LogP contribution in [0.15, 0.2) is 73.1 Å². The van der Waals surface area contributed by atoms with Crippen molar-refractivity contribution in [2.45, 2.75) is 40.7 Å². The Morgan fingerprint density at radius 1 is 0.853 bits per heavy atom. The van der Waals surface area contributed by atoms with Crippen LogP contribution in [0.3, 0.4) is 0 Å². The van der Waals surface area contributed by atoms with Gasteiger partial charge in [-0.3, -0.25) is 4.40 Å². The van der Waals surface area contributed by atoms with Gasteiger partial charge < -0.3 is 5.32 Å². The van der Waals surface area contributed by atoms with Gasteiger partial charge in [-0.15, -0.1) is 0 Å². The van der Waals surface area contributed by atoms with Gasteiger partial charge in [0.25, 0.3) is 0 Å². The molecule has 0 bridgehead atoms. The third-order valence-corrected chi connectivity index (χ3v) is 6.26. The van der Waals surface area contributed by atoms with Gasteiger partial charge in [0.2, 0.25) is 5.95 Å². The summed E-state index contributed by atoms with van der Waals surface area (Å²) < 4.78 is 2.13. The van der Waals surface area contributed by atoms with Crippen LogP contribution in [-0.4, -0.2) is 19.4 Å². The Kier molecular flexibility index (Phi) is 5.84. The summed E-state index contributed by atoms with van der Waals surface area (Å²) in [6, 6.07) is 21.3. The predicted molar refractivity (Wildman–Crippen MR) is 139 cm³/mol. The Labute approximate surface area is 200 Å². The summed E-state index contributed by atoms with van der Waals surface area (Å²) in [5.74, 6) is 0.604. The highest BCUT2D eigenvalue weighted by atomic mass is 15.1. The number of benzene rings is 2. The Morgan fingerprint density at radius 3 is 2.41 bits per heavy atom. The minimum absolute atomic E-state index is 0.604. The van der Waals surface area contributed by atoms with Gasteiger partial charge in [-0.1, -0.05) is 60.5 Å². The summed E-state index contributed by atoms with van der Waals surface area (Å²) in [7, 11) is 0. The summed E-state index contributed by atoms with van der Waals surface area (Å²) in [4.78, 5) is 14.4. The van der Waals surface area contributed by atoms with Gasteiger partial charge >= 0.3 is 0 Å². The molecular weight excluding hydrogens is 418 g/mol. The van der Waals surface area contributed by atoms with E-state index in [4.69, 9.17) is 9.97 Å². The molecule has 1 N–H and O–H groups in total. The molecule has 5 rings (SSSR count). The zero-order valence-corrected chi connectivity index (χ0v) is 20.1. The minimum atomic E-state index is 0.604. The first kappa shape index (κ1) is 21.8. The lowest BCUT2D eigenvalue weighted by Gasteiger charge is -2.10. The van der Waals surface area contributed by atoms with Crippen molar-refractivity contribution in [1.29, 1.82) is 0 Å². The first-order valence-corrected chi connectivity index (χ1v) is 11.7. The molecule has 170 valence electrons. The molecule has 0 aliphatic heterocycles. The highest BCUT2D eigenvalue weighted by molar-refractivity contribution is 5.81. The first-order chi connectivity index (χ1) is 16.5. The van der Waals surface area contributed by atoms with Crippen LogP contribution in [0, 0.1) is 20.8 Å². The number of nitrogens with one attached hydrogen (secondary N) is 1. The van der Waals surface area contributed by atoms with E-state index in [9.17, 15) is 0 Å². The van der Waals surface area contributed by atoms with Crippen LogP contribution in [0.1, 0.15) is 34.7 Å². The second kappa shape index (κ2) is 9.10. The average molecular weight is 448 g/mol. The van der Waals surface area contributed by atoms with Gasteiger partial charge in [0.1, 0.15) is 5.65 Å². The number of aromatic nitrogens is 4. The molecule has 5 nitrogen and oxygen atoms in total. The van der Waals surface area contributed by atoms with Crippen LogP contribution in [0.25, 0.3) is 28.3 Å². The van der Waals surface area contributed by atoms with Crippen molar-refractivity contribution in [2.24, 2.45) is 0 Å². The van der Waals surface area contributed by atoms with Crippen LogP contribution in [0.4, 0.5) is 5.95 Å². The monoisotopic (exact) mass is 447 g/mol. The molecule has 0 saturated carbocycles. The molecule has 0 atom stereocenters. The standard InChI is InChI=1S/C29H29N5/c1-5-22-13-15-34-26(17-22)33-27(23-9-6-19(2)7-10-23)28(34)25-12-14-30-29(32-25)31-18-24-11-8-20(3)16-21(24)4/h6-17H,5,18H2,1-4H3,(H,30,31,32). The lowest BCUT2D eigenvalue weighted by molar-refractivity contribution is 1.03. The van der Waals surface area contributed by atoms with Crippen molar-refractivity contribution in [3.63, 3.8) is 0 Å². The fourth-order valence-corrected chi connectivity index (χ4v) is 4.26. The van der Waals surface area contributed by atoms with E-state index in [-0.39, 0.29) is 0 Å². The quantitative estimate of drug-likeness (QED) is 0.320. The Bertz CT molecular complexity index is 1460. The molecule has 0 aliphatic carbocycles. The largest absolute Gasteiger partial charge is 0.350 e. The van der Waals surface area contributed by atoms with E-state index in [1.807, 2.05) is 12.3 Å². The highest BCUT2D eigenvalue weighted by Crippen LogP contribution is 2.32. The van der Waals surface area contributed by atoms with E-state index >= 15 is 0 Å². The molecule has 0 fully saturated rings. The Balaban J connectivity index is 1.56. The highest BCUT2D eigenvalue weighted by Gasteiger charge is 2.18. The van der Waals surface area contributed by atoms with Gasteiger partial charge in [-0.05, 0) is 62.1 Å². The molecule has 0 spiro atoms. The molecule has 3 aromatic heterocycles. The molecule has 0 unspecified atom stereocenters. The number of rotatable bonds is 6. The van der Waals surface area contributed by atoms with Crippen molar-refractivity contribution in [3.05, 3.63) is 101 Å². The number of imidazole rings is 1. The van der Waals surface area contributed by atoms with Gasteiger partial charge in [0, 0.05) is 24.5 Å². The maximum Gasteiger partial charge on any atom is 0.223 e. The summed E-state index contributed by atoms with van der Waals surface area (Å²) in [5.41, 5.74) is 11.0. The number of hydrogen-bond acceptors (Lipinski definition) is 4. The fourth-order valence-electron chi connectivity index (χ4n) is 4.26. The molecule has 2 aromatic carbocycles. The van der Waals surface area contributed by atoms with E-state index < -0.39 is 0 Å². The molecular formula is C29H29N5. The molecule has 0 amide bonds. The van der Waals surface area contributed by atoms with Crippen LogP contribution < -0.4 is 5.32 Å². The second-order valence-corrected chi connectivity index (χ2v) is 8.84. The van der Waals surface area contributed by atoms with E-state index in [0.717, 1.165) is 34.7 Å². The number of aryl methyl sites for hydroxylation is 4. The van der Waals surface area contributed by atoms with E-state index in [2.05, 4.69) is 103 Å². The van der Waals surface area contributed by atoms with E-state index in [1.165, 1.54) is 27.8 Å². The Morgan fingerprint density at radius 2 is 1.65 bits per heavy atom. The molecule has 0 radical (unpaired) electrons. The molecule has 0 aliphatic rings. The van der Waals surface area contributed by atoms with Gasteiger partial charge in [-0.25, -0.2) is 15.0 Å². The van der Waals surface area contributed by atoms with Crippen molar-refractivity contribution in [2.75, 3.05) is 5.32 Å². The van der Waals surface area contributed by atoms with Crippen molar-refractivity contribution < 1.29 is 0 Å². The fraction of sp³-hybridized carbons (Fsp3) is 0.207. The number of pyridine rings is 1. The zero-order chi connectivity index (χ0) is 23.7. The van der Waals surface area contributed by atoms with E-state index in [1.54, 1.807) is 0 Å². The van der Waals surface area contributed by atoms with Crippen LogP contribution in [-0.2, 0) is 13.0 Å². The lowest BCUT2D eigenvalue weighted by atomic mass is 10.1. The van der Waals surface area contributed by atoms with Gasteiger partial charge in [0.05, 0.1) is 17.1 Å². The lowest BCUT2D eigenvalue weighted by Crippen LogP contribution is -2.06. The molecule has 0 saturated heterocycles. The second-order valence-electron chi connectivity index (χ2n) is 8.84. The normalized spacial score (nSPS) is 11.2.